The Bertz CT molecular complexity index is 1330. The van der Waals surface area contributed by atoms with Crippen LogP contribution in [0.2, 0.25) is 0 Å². The summed E-state index contributed by atoms with van der Waals surface area (Å²) in [6, 6.07) is 16.6. The Kier molecular flexibility index (Phi) is 7.81. The van der Waals surface area contributed by atoms with E-state index in [0.29, 0.717) is 22.5 Å². The quantitative estimate of drug-likeness (QED) is 0.265. The highest BCUT2D eigenvalue weighted by molar-refractivity contribution is 6.08. The molecule has 0 unspecified atom stereocenters. The molecule has 0 atom stereocenters. The van der Waals surface area contributed by atoms with Crippen LogP contribution in [0, 0.1) is 27.2 Å². The number of nitrogens with zero attached hydrogens (tertiary/aromatic N) is 2. The maximum absolute atomic E-state index is 12.4. The van der Waals surface area contributed by atoms with Gasteiger partial charge in [-0.05, 0) is 72.2 Å². The summed E-state index contributed by atoms with van der Waals surface area (Å²) < 4.78 is 0. The monoisotopic (exact) mass is 472 g/mol. The van der Waals surface area contributed by atoms with Crippen molar-refractivity contribution in [3.63, 3.8) is 0 Å². The fourth-order valence-corrected chi connectivity index (χ4v) is 2.98. The van der Waals surface area contributed by atoms with Crippen LogP contribution >= 0.6 is 0 Å². The minimum atomic E-state index is -0.505. The van der Waals surface area contributed by atoms with Crippen molar-refractivity contribution in [1.29, 1.82) is 0 Å². The molecule has 0 aliphatic heterocycles. The summed E-state index contributed by atoms with van der Waals surface area (Å²) in [6.07, 6.45) is 5.59. The van der Waals surface area contributed by atoms with E-state index in [1.165, 1.54) is 72.8 Å². The zero-order valence-corrected chi connectivity index (χ0v) is 18.5. The molecule has 0 heterocycles. The van der Waals surface area contributed by atoms with E-state index < -0.39 is 21.7 Å². The zero-order chi connectivity index (χ0) is 25.4. The average Bonchev–Trinajstić information content (AvgIpc) is 2.83. The largest absolute Gasteiger partial charge is 0.321 e. The van der Waals surface area contributed by atoms with E-state index in [2.05, 4.69) is 10.6 Å². The van der Waals surface area contributed by atoms with Crippen molar-refractivity contribution >= 4 is 46.7 Å². The summed E-state index contributed by atoms with van der Waals surface area (Å²) in [6.45, 7) is 1.84. The van der Waals surface area contributed by atoms with Crippen LogP contribution in [0.3, 0.4) is 0 Å². The Hall–Kier alpha value is -5.12. The van der Waals surface area contributed by atoms with E-state index in [-0.39, 0.29) is 11.4 Å². The molecule has 10 heteroatoms. The molecule has 0 bridgehead atoms. The van der Waals surface area contributed by atoms with Gasteiger partial charge in [-0.25, -0.2) is 0 Å². The van der Waals surface area contributed by atoms with Crippen LogP contribution < -0.4 is 10.6 Å². The minimum absolute atomic E-state index is 0.0469. The molecule has 0 radical (unpaired) electrons. The molecule has 35 heavy (non-hydrogen) atoms. The third kappa shape index (κ3) is 7.19. The molecular weight excluding hydrogens is 452 g/mol. The fourth-order valence-electron chi connectivity index (χ4n) is 2.98. The lowest BCUT2D eigenvalue weighted by atomic mass is 10.1. The first-order chi connectivity index (χ1) is 16.7. The molecule has 0 spiro atoms. The lowest BCUT2D eigenvalue weighted by Crippen LogP contribution is -2.13. The summed E-state index contributed by atoms with van der Waals surface area (Å²) in [5.74, 6) is -0.907. The van der Waals surface area contributed by atoms with Crippen molar-refractivity contribution in [2.75, 3.05) is 10.6 Å². The van der Waals surface area contributed by atoms with Crippen LogP contribution in [-0.4, -0.2) is 21.7 Å². The highest BCUT2D eigenvalue weighted by atomic mass is 16.6. The second kappa shape index (κ2) is 11.1. The number of anilines is 2. The van der Waals surface area contributed by atoms with Crippen LogP contribution in [0.4, 0.5) is 22.7 Å². The number of rotatable bonds is 8. The summed E-state index contributed by atoms with van der Waals surface area (Å²) in [5.41, 5.74) is 2.76. The third-order valence-corrected chi connectivity index (χ3v) is 4.75. The molecule has 0 saturated carbocycles. The molecule has 176 valence electrons. The number of benzene rings is 3. The number of carbonyl (C=O) groups excluding carboxylic acids is 2. The van der Waals surface area contributed by atoms with Crippen LogP contribution in [-0.2, 0) is 9.59 Å². The molecule has 2 amide bonds. The molecule has 0 aromatic heterocycles. The summed E-state index contributed by atoms with van der Waals surface area (Å²) in [4.78, 5) is 45.3. The van der Waals surface area contributed by atoms with Gasteiger partial charge < -0.3 is 10.6 Å². The van der Waals surface area contributed by atoms with Gasteiger partial charge in [0.2, 0.25) is 11.8 Å². The number of amides is 2. The summed E-state index contributed by atoms with van der Waals surface area (Å²) >= 11 is 0. The molecular formula is C25H20N4O6. The lowest BCUT2D eigenvalue weighted by molar-refractivity contribution is -0.385. The molecule has 3 aromatic rings. The number of nitrogens with one attached hydrogen (secondary N) is 2. The smallest absolute Gasteiger partial charge is 0.269 e. The second-order valence-corrected chi connectivity index (χ2v) is 7.39. The van der Waals surface area contributed by atoms with Crippen molar-refractivity contribution in [2.24, 2.45) is 0 Å². The van der Waals surface area contributed by atoms with E-state index in [0.717, 1.165) is 5.56 Å². The van der Waals surface area contributed by atoms with Gasteiger partial charge in [-0.1, -0.05) is 6.07 Å². The van der Waals surface area contributed by atoms with E-state index in [1.54, 1.807) is 18.2 Å². The van der Waals surface area contributed by atoms with Gasteiger partial charge >= 0.3 is 0 Å². The molecule has 0 saturated heterocycles. The van der Waals surface area contributed by atoms with Gasteiger partial charge in [-0.3, -0.25) is 29.8 Å². The number of nitro benzene ring substituents is 2. The molecule has 2 N–H and O–H groups in total. The predicted octanol–water partition coefficient (Wildman–Crippen LogP) is 5.12. The molecule has 0 fully saturated rings. The Balaban J connectivity index is 1.66. The van der Waals surface area contributed by atoms with Crippen LogP contribution in [0.5, 0.6) is 0 Å². The highest BCUT2D eigenvalue weighted by Gasteiger charge is 2.09. The number of hydrogen-bond acceptors (Lipinski definition) is 6. The van der Waals surface area contributed by atoms with E-state index >= 15 is 0 Å². The molecule has 3 aromatic carbocycles. The topological polar surface area (TPSA) is 144 Å². The first kappa shape index (κ1) is 24.5. The summed E-state index contributed by atoms with van der Waals surface area (Å²) in [7, 11) is 0. The van der Waals surface area contributed by atoms with E-state index in [1.807, 2.05) is 6.92 Å². The first-order valence-electron chi connectivity index (χ1n) is 10.3. The minimum Gasteiger partial charge on any atom is -0.321 e. The van der Waals surface area contributed by atoms with Gasteiger partial charge in [0.05, 0.1) is 21.2 Å². The van der Waals surface area contributed by atoms with Crippen molar-refractivity contribution in [3.05, 3.63) is 116 Å². The highest BCUT2D eigenvalue weighted by Crippen LogP contribution is 2.24. The van der Waals surface area contributed by atoms with Crippen molar-refractivity contribution in [2.45, 2.75) is 6.92 Å². The molecule has 0 aliphatic rings. The summed E-state index contributed by atoms with van der Waals surface area (Å²) in [5, 5.41) is 26.9. The average molecular weight is 472 g/mol. The SMILES string of the molecule is Cc1ccc(NC(=O)C=Cc2ccc([N+](=O)[O-])cc2)c(NC(=O)C=Cc2ccc([N+](=O)[O-])cc2)c1. The van der Waals surface area contributed by atoms with Gasteiger partial charge in [0.25, 0.3) is 11.4 Å². The normalized spacial score (nSPS) is 10.9. The number of nitro groups is 2. The van der Waals surface area contributed by atoms with Gasteiger partial charge in [0, 0.05) is 36.4 Å². The van der Waals surface area contributed by atoms with Crippen LogP contribution in [0.25, 0.3) is 12.2 Å². The van der Waals surface area contributed by atoms with Crippen molar-refractivity contribution in [1.82, 2.24) is 0 Å². The van der Waals surface area contributed by atoms with Gasteiger partial charge in [0.1, 0.15) is 0 Å². The molecule has 3 rings (SSSR count). The van der Waals surface area contributed by atoms with E-state index in [4.69, 9.17) is 0 Å². The molecule has 10 nitrogen and oxygen atoms in total. The first-order valence-corrected chi connectivity index (χ1v) is 10.3. The van der Waals surface area contributed by atoms with Crippen LogP contribution in [0.1, 0.15) is 16.7 Å². The van der Waals surface area contributed by atoms with Crippen molar-refractivity contribution < 1.29 is 19.4 Å². The Morgan fingerprint density at radius 1 is 0.686 bits per heavy atom. The van der Waals surface area contributed by atoms with Crippen LogP contribution in [0.15, 0.2) is 78.9 Å². The number of carbonyl (C=O) groups is 2. The number of hydrogen-bond donors (Lipinski definition) is 2. The van der Waals surface area contributed by atoms with Gasteiger partial charge in [0.15, 0.2) is 0 Å². The Morgan fingerprint density at radius 2 is 1.11 bits per heavy atom. The standard InChI is InChI=1S/C25H20N4O6/c1-17-2-13-22(26-24(30)14-7-18-3-9-20(10-4-18)28(32)33)23(16-17)27-25(31)15-8-19-5-11-21(12-6-19)29(34)35/h2-16H,1H3,(H,26,30)(H,27,31). The molecule has 0 aliphatic carbocycles. The number of aryl methyl sites for hydroxylation is 1. The predicted molar refractivity (Wildman–Crippen MR) is 133 cm³/mol. The Labute approximate surface area is 199 Å². The zero-order valence-electron chi connectivity index (χ0n) is 18.5. The van der Waals surface area contributed by atoms with Gasteiger partial charge in [-0.15, -0.1) is 0 Å². The van der Waals surface area contributed by atoms with Gasteiger partial charge in [-0.2, -0.15) is 0 Å². The number of non-ortho nitro benzene ring substituents is 2. The maximum atomic E-state index is 12.4. The lowest BCUT2D eigenvalue weighted by Gasteiger charge is -2.11. The Morgan fingerprint density at radius 3 is 1.54 bits per heavy atom. The second-order valence-electron chi connectivity index (χ2n) is 7.39. The van der Waals surface area contributed by atoms with Crippen molar-refractivity contribution in [3.8, 4) is 0 Å². The van der Waals surface area contributed by atoms with E-state index in [9.17, 15) is 29.8 Å². The maximum Gasteiger partial charge on any atom is 0.269 e. The third-order valence-electron chi connectivity index (χ3n) is 4.75. The fraction of sp³-hybridized carbons (Fsp3) is 0.0400.